The molecular weight excluding hydrogens is 248 g/mol. The second kappa shape index (κ2) is 5.12. The lowest BCUT2D eigenvalue weighted by atomic mass is 10.1. The fourth-order valence-corrected chi connectivity index (χ4v) is 2.52. The Bertz CT molecular complexity index is 552. The standard InChI is InChI=1S/C14H15ClN2O/c15-12-5-6-13(14-11(12)4-2-8-17-14)18-10-3-1-7-16-9-10/h2,4-6,8,10,16H,1,3,7,9H2/t10-/m0/s1. The van der Waals surface area contributed by atoms with Crippen LogP contribution in [0.5, 0.6) is 5.75 Å². The molecule has 18 heavy (non-hydrogen) atoms. The summed E-state index contributed by atoms with van der Waals surface area (Å²) in [7, 11) is 0. The molecule has 1 saturated heterocycles. The number of halogens is 1. The molecule has 1 aromatic heterocycles. The quantitative estimate of drug-likeness (QED) is 0.903. The topological polar surface area (TPSA) is 34.1 Å². The molecular formula is C14H15ClN2O. The molecule has 0 spiro atoms. The van der Waals surface area contributed by atoms with Crippen LogP contribution in [0.4, 0.5) is 0 Å². The normalized spacial score (nSPS) is 19.9. The van der Waals surface area contributed by atoms with E-state index in [4.69, 9.17) is 16.3 Å². The molecule has 1 N–H and O–H groups in total. The summed E-state index contributed by atoms with van der Waals surface area (Å²) in [5, 5.41) is 5.00. The molecule has 1 aliphatic heterocycles. The van der Waals surface area contributed by atoms with E-state index in [9.17, 15) is 0 Å². The third-order valence-corrected chi connectivity index (χ3v) is 3.55. The van der Waals surface area contributed by atoms with Crippen molar-refractivity contribution in [3.63, 3.8) is 0 Å². The van der Waals surface area contributed by atoms with Crippen molar-refractivity contribution in [1.82, 2.24) is 10.3 Å². The van der Waals surface area contributed by atoms with E-state index in [0.717, 1.165) is 42.6 Å². The first-order chi connectivity index (χ1) is 8.84. The van der Waals surface area contributed by atoms with Crippen LogP contribution in [-0.4, -0.2) is 24.2 Å². The predicted molar refractivity (Wildman–Crippen MR) is 73.3 cm³/mol. The van der Waals surface area contributed by atoms with Gasteiger partial charge in [0.05, 0.1) is 5.02 Å². The van der Waals surface area contributed by atoms with Gasteiger partial charge in [0.25, 0.3) is 0 Å². The molecule has 1 aliphatic rings. The number of nitrogens with one attached hydrogen (secondary N) is 1. The fraction of sp³-hybridized carbons (Fsp3) is 0.357. The number of hydrogen-bond donors (Lipinski definition) is 1. The Labute approximate surface area is 111 Å². The van der Waals surface area contributed by atoms with Crippen molar-refractivity contribution in [2.45, 2.75) is 18.9 Å². The van der Waals surface area contributed by atoms with Gasteiger partial charge in [-0.2, -0.15) is 0 Å². The summed E-state index contributed by atoms with van der Waals surface area (Å²) in [4.78, 5) is 4.38. The SMILES string of the molecule is Clc1ccc(O[C@H]2CCCNC2)c2ncccc12. The van der Waals surface area contributed by atoms with Crippen molar-refractivity contribution in [2.75, 3.05) is 13.1 Å². The third kappa shape index (κ3) is 2.28. The molecule has 0 unspecified atom stereocenters. The second-order valence-electron chi connectivity index (χ2n) is 4.53. The minimum Gasteiger partial charge on any atom is -0.487 e. The zero-order valence-corrected chi connectivity index (χ0v) is 10.8. The van der Waals surface area contributed by atoms with Crippen molar-refractivity contribution < 1.29 is 4.74 Å². The molecule has 0 radical (unpaired) electrons. The van der Waals surface area contributed by atoms with E-state index in [1.807, 2.05) is 24.3 Å². The van der Waals surface area contributed by atoms with Crippen molar-refractivity contribution in [3.8, 4) is 5.75 Å². The minimum atomic E-state index is 0.227. The lowest BCUT2D eigenvalue weighted by Gasteiger charge is -2.24. The first-order valence-electron chi connectivity index (χ1n) is 6.25. The average molecular weight is 263 g/mol. The van der Waals surface area contributed by atoms with Crippen LogP contribution < -0.4 is 10.1 Å². The highest BCUT2D eigenvalue weighted by Crippen LogP contribution is 2.30. The smallest absolute Gasteiger partial charge is 0.146 e. The van der Waals surface area contributed by atoms with Gasteiger partial charge in [-0.1, -0.05) is 11.6 Å². The van der Waals surface area contributed by atoms with E-state index >= 15 is 0 Å². The molecule has 1 aromatic carbocycles. The van der Waals surface area contributed by atoms with Gasteiger partial charge in [0, 0.05) is 18.1 Å². The Morgan fingerprint density at radius 1 is 1.33 bits per heavy atom. The Balaban J connectivity index is 1.94. The molecule has 0 bridgehead atoms. The third-order valence-electron chi connectivity index (χ3n) is 3.22. The zero-order chi connectivity index (χ0) is 12.4. The molecule has 1 fully saturated rings. The number of piperidine rings is 1. The van der Waals surface area contributed by atoms with Gasteiger partial charge < -0.3 is 10.1 Å². The summed E-state index contributed by atoms with van der Waals surface area (Å²) in [5.41, 5.74) is 0.843. The van der Waals surface area contributed by atoms with Crippen molar-refractivity contribution in [3.05, 3.63) is 35.5 Å². The van der Waals surface area contributed by atoms with Gasteiger partial charge in [-0.05, 0) is 43.7 Å². The van der Waals surface area contributed by atoms with Gasteiger partial charge in [0.2, 0.25) is 0 Å². The van der Waals surface area contributed by atoms with Gasteiger partial charge in [-0.3, -0.25) is 4.98 Å². The lowest BCUT2D eigenvalue weighted by molar-refractivity contribution is 0.169. The Hall–Kier alpha value is -1.32. The summed E-state index contributed by atoms with van der Waals surface area (Å²) in [5.74, 6) is 0.823. The van der Waals surface area contributed by atoms with Crippen LogP contribution in [0.2, 0.25) is 5.02 Å². The highest BCUT2D eigenvalue weighted by molar-refractivity contribution is 6.35. The van der Waals surface area contributed by atoms with Crippen LogP contribution in [0, 0.1) is 0 Å². The van der Waals surface area contributed by atoms with E-state index in [2.05, 4.69) is 10.3 Å². The Kier molecular flexibility index (Phi) is 3.35. The zero-order valence-electron chi connectivity index (χ0n) is 10.0. The van der Waals surface area contributed by atoms with Crippen molar-refractivity contribution in [2.24, 2.45) is 0 Å². The number of ether oxygens (including phenoxy) is 1. The largest absolute Gasteiger partial charge is 0.487 e. The summed E-state index contributed by atoms with van der Waals surface area (Å²) < 4.78 is 6.04. The molecule has 2 heterocycles. The van der Waals surface area contributed by atoms with Crippen LogP contribution in [0.15, 0.2) is 30.5 Å². The number of aromatic nitrogens is 1. The molecule has 1 atom stereocenters. The average Bonchev–Trinajstić information content (AvgIpc) is 2.44. The van der Waals surface area contributed by atoms with Crippen LogP contribution in [0.25, 0.3) is 10.9 Å². The number of benzene rings is 1. The highest BCUT2D eigenvalue weighted by atomic mass is 35.5. The first-order valence-corrected chi connectivity index (χ1v) is 6.63. The van der Waals surface area contributed by atoms with Crippen molar-refractivity contribution >= 4 is 22.5 Å². The number of fused-ring (bicyclic) bond motifs is 1. The molecule has 0 amide bonds. The molecule has 3 nitrogen and oxygen atoms in total. The summed E-state index contributed by atoms with van der Waals surface area (Å²) in [6, 6.07) is 7.64. The van der Waals surface area contributed by atoms with Gasteiger partial charge in [-0.25, -0.2) is 0 Å². The number of hydrogen-bond acceptors (Lipinski definition) is 3. The lowest BCUT2D eigenvalue weighted by Crippen LogP contribution is -2.37. The van der Waals surface area contributed by atoms with E-state index < -0.39 is 0 Å². The van der Waals surface area contributed by atoms with E-state index in [-0.39, 0.29) is 6.10 Å². The van der Waals surface area contributed by atoms with Crippen LogP contribution in [0.1, 0.15) is 12.8 Å². The number of pyridine rings is 1. The monoisotopic (exact) mass is 262 g/mol. The number of nitrogens with zero attached hydrogens (tertiary/aromatic N) is 1. The Morgan fingerprint density at radius 2 is 2.28 bits per heavy atom. The molecule has 3 rings (SSSR count). The molecule has 4 heteroatoms. The van der Waals surface area contributed by atoms with Gasteiger partial charge in [0.1, 0.15) is 17.4 Å². The molecule has 0 aliphatic carbocycles. The van der Waals surface area contributed by atoms with Gasteiger partial charge in [-0.15, -0.1) is 0 Å². The van der Waals surface area contributed by atoms with E-state index in [0.29, 0.717) is 5.02 Å². The van der Waals surface area contributed by atoms with Crippen LogP contribution in [0.3, 0.4) is 0 Å². The van der Waals surface area contributed by atoms with Gasteiger partial charge in [0.15, 0.2) is 0 Å². The predicted octanol–water partition coefficient (Wildman–Crippen LogP) is 3.02. The number of rotatable bonds is 2. The Morgan fingerprint density at radius 3 is 3.11 bits per heavy atom. The highest BCUT2D eigenvalue weighted by Gasteiger charge is 2.16. The fourth-order valence-electron chi connectivity index (χ4n) is 2.31. The summed E-state index contributed by atoms with van der Waals surface area (Å²) in [6.07, 6.45) is 4.24. The van der Waals surface area contributed by atoms with E-state index in [1.54, 1.807) is 6.20 Å². The van der Waals surface area contributed by atoms with Crippen LogP contribution in [-0.2, 0) is 0 Å². The first kappa shape index (κ1) is 11.8. The summed E-state index contributed by atoms with van der Waals surface area (Å²) >= 11 is 6.16. The molecule has 0 saturated carbocycles. The van der Waals surface area contributed by atoms with Crippen LogP contribution >= 0.6 is 11.6 Å². The maximum Gasteiger partial charge on any atom is 0.146 e. The van der Waals surface area contributed by atoms with Crippen molar-refractivity contribution in [1.29, 1.82) is 0 Å². The second-order valence-corrected chi connectivity index (χ2v) is 4.94. The minimum absolute atomic E-state index is 0.227. The summed E-state index contributed by atoms with van der Waals surface area (Å²) in [6.45, 7) is 1.98. The molecule has 2 aromatic rings. The van der Waals surface area contributed by atoms with E-state index in [1.165, 1.54) is 0 Å². The maximum atomic E-state index is 6.16. The van der Waals surface area contributed by atoms with Gasteiger partial charge >= 0.3 is 0 Å². The maximum absolute atomic E-state index is 6.16. The molecule has 94 valence electrons.